The van der Waals surface area contributed by atoms with Crippen molar-refractivity contribution >= 4 is 23.4 Å². The fraction of sp³-hybridized carbons (Fsp3) is 0.429. The lowest BCUT2D eigenvalue weighted by Crippen LogP contribution is -2.57. The molecule has 29 heavy (non-hydrogen) atoms. The van der Waals surface area contributed by atoms with Crippen molar-refractivity contribution in [2.24, 2.45) is 0 Å². The summed E-state index contributed by atoms with van der Waals surface area (Å²) in [5, 5.41) is 40.3. The number of benzene rings is 2. The molecule has 8 heteroatoms. The molecular formula is C21H25ClO6S. The Bertz CT molecular complexity index is 800. The molecule has 1 fully saturated rings. The Balaban J connectivity index is 1.81. The van der Waals surface area contributed by atoms with E-state index in [9.17, 15) is 20.4 Å². The molecule has 1 aliphatic heterocycles. The molecule has 1 heterocycles. The van der Waals surface area contributed by atoms with Gasteiger partial charge in [-0.1, -0.05) is 41.6 Å². The average Bonchev–Trinajstić information content (AvgIpc) is 2.72. The van der Waals surface area contributed by atoms with Crippen LogP contribution in [0.15, 0.2) is 47.4 Å². The molecule has 2 aromatic rings. The third kappa shape index (κ3) is 5.24. The van der Waals surface area contributed by atoms with E-state index in [-0.39, 0.29) is 0 Å². The Morgan fingerprint density at radius 3 is 2.41 bits per heavy atom. The maximum atomic E-state index is 10.3. The van der Waals surface area contributed by atoms with Crippen molar-refractivity contribution in [1.29, 1.82) is 0 Å². The number of aliphatic hydroxyl groups excluding tert-OH is 4. The first-order valence-electron chi connectivity index (χ1n) is 9.41. The van der Waals surface area contributed by atoms with Gasteiger partial charge in [0.05, 0.1) is 13.2 Å². The third-order valence-electron chi connectivity index (χ3n) is 4.78. The highest BCUT2D eigenvalue weighted by Gasteiger charge is 2.43. The number of thioether (sulfide) groups is 1. The Morgan fingerprint density at radius 2 is 1.76 bits per heavy atom. The Kier molecular flexibility index (Phi) is 7.81. The molecule has 158 valence electrons. The van der Waals surface area contributed by atoms with Crippen molar-refractivity contribution in [3.05, 3.63) is 58.6 Å². The lowest BCUT2D eigenvalue weighted by Gasteiger charge is -2.39. The molecule has 0 radical (unpaired) electrons. The second kappa shape index (κ2) is 10.1. The van der Waals surface area contributed by atoms with Crippen molar-refractivity contribution in [2.75, 3.05) is 13.2 Å². The molecule has 1 aliphatic rings. The van der Waals surface area contributed by atoms with Gasteiger partial charge >= 0.3 is 0 Å². The van der Waals surface area contributed by atoms with Crippen LogP contribution in [-0.4, -0.2) is 63.5 Å². The standard InChI is InChI=1S/C21H25ClO6S/c1-2-27-13-8-6-12(7-9-13)10-14-15(22)4-3-5-17(14)29-21-20(26)19(25)18(24)16(11-23)28-21/h3-9,16,18-21,23-26H,2,10-11H2,1H3/t16-,18-,19+,20-,21+/m1/s1. The second-order valence-electron chi connectivity index (χ2n) is 6.79. The van der Waals surface area contributed by atoms with Crippen LogP contribution in [0.5, 0.6) is 5.75 Å². The van der Waals surface area contributed by atoms with Crippen molar-refractivity contribution in [3.63, 3.8) is 0 Å². The SMILES string of the molecule is CCOc1ccc(Cc2c(Cl)cccc2S[C@@H]2O[C@H](CO)[C@@H](O)[C@H](O)[C@H]2O)cc1. The van der Waals surface area contributed by atoms with Crippen molar-refractivity contribution in [1.82, 2.24) is 0 Å². The zero-order valence-corrected chi connectivity index (χ0v) is 17.5. The Labute approximate surface area is 179 Å². The van der Waals surface area contributed by atoms with Crippen LogP contribution in [-0.2, 0) is 11.2 Å². The van der Waals surface area contributed by atoms with E-state index in [0.29, 0.717) is 18.1 Å². The van der Waals surface area contributed by atoms with Gasteiger partial charge < -0.3 is 29.9 Å². The van der Waals surface area contributed by atoms with Gasteiger partial charge in [0.2, 0.25) is 0 Å². The molecule has 0 unspecified atom stereocenters. The van der Waals surface area contributed by atoms with Gasteiger partial charge in [0.1, 0.15) is 35.6 Å². The summed E-state index contributed by atoms with van der Waals surface area (Å²) in [7, 11) is 0. The zero-order valence-electron chi connectivity index (χ0n) is 15.9. The van der Waals surface area contributed by atoms with Gasteiger partial charge in [0.15, 0.2) is 0 Å². The van der Waals surface area contributed by atoms with Crippen molar-refractivity contribution in [2.45, 2.75) is 48.1 Å². The minimum atomic E-state index is -1.41. The third-order valence-corrected chi connectivity index (χ3v) is 6.40. The summed E-state index contributed by atoms with van der Waals surface area (Å²) in [4.78, 5) is 0.788. The topological polar surface area (TPSA) is 99.4 Å². The molecule has 0 aromatic heterocycles. The van der Waals surface area contributed by atoms with E-state index < -0.39 is 36.5 Å². The first kappa shape index (κ1) is 22.4. The van der Waals surface area contributed by atoms with Gasteiger partial charge in [-0.05, 0) is 42.3 Å². The number of aliphatic hydroxyl groups is 4. The molecular weight excluding hydrogens is 416 g/mol. The van der Waals surface area contributed by atoms with Crippen LogP contribution in [0.25, 0.3) is 0 Å². The lowest BCUT2D eigenvalue weighted by molar-refractivity contribution is -0.205. The Hall–Kier alpha value is -1.32. The van der Waals surface area contributed by atoms with Crippen LogP contribution >= 0.6 is 23.4 Å². The van der Waals surface area contributed by atoms with E-state index in [2.05, 4.69) is 0 Å². The van der Waals surface area contributed by atoms with Crippen LogP contribution in [0.2, 0.25) is 5.02 Å². The predicted octanol–water partition coefficient (Wildman–Crippen LogP) is 2.22. The zero-order chi connectivity index (χ0) is 21.0. The lowest BCUT2D eigenvalue weighted by atomic mass is 10.0. The summed E-state index contributed by atoms with van der Waals surface area (Å²) >= 11 is 7.66. The van der Waals surface area contributed by atoms with Gasteiger partial charge in [0, 0.05) is 16.3 Å². The van der Waals surface area contributed by atoms with Crippen molar-refractivity contribution < 1.29 is 29.9 Å². The summed E-state index contributed by atoms with van der Waals surface area (Å²) in [6, 6.07) is 13.2. The number of halogens is 1. The van der Waals surface area contributed by atoms with Crippen LogP contribution in [0, 0.1) is 0 Å². The molecule has 0 amide bonds. The van der Waals surface area contributed by atoms with E-state index in [1.165, 1.54) is 11.8 Å². The van der Waals surface area contributed by atoms with Crippen LogP contribution in [0.3, 0.4) is 0 Å². The maximum Gasteiger partial charge on any atom is 0.136 e. The molecule has 0 bridgehead atoms. The molecule has 1 saturated heterocycles. The number of hydrogen-bond donors (Lipinski definition) is 4. The van der Waals surface area contributed by atoms with E-state index >= 15 is 0 Å². The molecule has 0 spiro atoms. The second-order valence-corrected chi connectivity index (χ2v) is 8.33. The largest absolute Gasteiger partial charge is 0.494 e. The highest BCUT2D eigenvalue weighted by atomic mass is 35.5. The first-order chi connectivity index (χ1) is 13.9. The van der Waals surface area contributed by atoms with Gasteiger partial charge in [-0.3, -0.25) is 0 Å². The molecule has 2 aromatic carbocycles. The molecule has 5 atom stereocenters. The number of hydrogen-bond acceptors (Lipinski definition) is 7. The number of rotatable bonds is 7. The van der Waals surface area contributed by atoms with Gasteiger partial charge in [-0.25, -0.2) is 0 Å². The minimum absolute atomic E-state index is 0.462. The normalized spacial score (nSPS) is 27.0. The van der Waals surface area contributed by atoms with Gasteiger partial charge in [-0.2, -0.15) is 0 Å². The van der Waals surface area contributed by atoms with Gasteiger partial charge in [0.25, 0.3) is 0 Å². The monoisotopic (exact) mass is 440 g/mol. The summed E-state index contributed by atoms with van der Waals surface area (Å²) < 4.78 is 11.1. The minimum Gasteiger partial charge on any atom is -0.494 e. The average molecular weight is 441 g/mol. The summed E-state index contributed by atoms with van der Waals surface area (Å²) in [5.74, 6) is 0.798. The quantitative estimate of drug-likeness (QED) is 0.524. The molecule has 6 nitrogen and oxygen atoms in total. The Morgan fingerprint density at radius 1 is 1.03 bits per heavy atom. The van der Waals surface area contributed by atoms with E-state index in [4.69, 9.17) is 21.1 Å². The van der Waals surface area contributed by atoms with Crippen LogP contribution < -0.4 is 4.74 Å². The van der Waals surface area contributed by atoms with E-state index in [1.807, 2.05) is 37.3 Å². The fourth-order valence-electron chi connectivity index (χ4n) is 3.19. The smallest absolute Gasteiger partial charge is 0.136 e. The first-order valence-corrected chi connectivity index (χ1v) is 10.7. The van der Waals surface area contributed by atoms with Gasteiger partial charge in [-0.15, -0.1) is 0 Å². The van der Waals surface area contributed by atoms with E-state index in [0.717, 1.165) is 21.8 Å². The maximum absolute atomic E-state index is 10.3. The summed E-state index contributed by atoms with van der Waals surface area (Å²) in [6.07, 6.45) is -4.48. The van der Waals surface area contributed by atoms with E-state index in [1.54, 1.807) is 12.1 Å². The van der Waals surface area contributed by atoms with Crippen molar-refractivity contribution in [3.8, 4) is 5.75 Å². The number of ether oxygens (including phenoxy) is 2. The molecule has 0 saturated carbocycles. The fourth-order valence-corrected chi connectivity index (χ4v) is 4.71. The molecule has 4 N–H and O–H groups in total. The van der Waals surface area contributed by atoms with Crippen LogP contribution in [0.4, 0.5) is 0 Å². The summed E-state index contributed by atoms with van der Waals surface area (Å²) in [6.45, 7) is 2.07. The van der Waals surface area contributed by atoms with Crippen LogP contribution in [0.1, 0.15) is 18.1 Å². The molecule has 0 aliphatic carbocycles. The summed E-state index contributed by atoms with van der Waals surface area (Å²) in [5.41, 5.74) is 1.04. The highest BCUT2D eigenvalue weighted by molar-refractivity contribution is 7.99. The predicted molar refractivity (Wildman–Crippen MR) is 111 cm³/mol. The highest BCUT2D eigenvalue weighted by Crippen LogP contribution is 2.38. The molecule has 3 rings (SSSR count).